The first-order valence-electron chi connectivity index (χ1n) is 5.71. The highest BCUT2D eigenvalue weighted by Crippen LogP contribution is 2.55. The number of piperidine rings is 1. The standard InChI is InChI=1S/C13H17N/c1-2-6-11(7-3-1)12-10-13(12)8-4-5-9-14-13/h1-3,6-7,12,14H,4-5,8-10H2/t12-,13-/m0/s1. The highest BCUT2D eigenvalue weighted by Gasteiger charge is 2.54. The van der Waals surface area contributed by atoms with Gasteiger partial charge in [0.25, 0.3) is 0 Å². The zero-order valence-corrected chi connectivity index (χ0v) is 8.50. The molecule has 1 saturated carbocycles. The van der Waals surface area contributed by atoms with Gasteiger partial charge in [-0.25, -0.2) is 0 Å². The van der Waals surface area contributed by atoms with Crippen LogP contribution in [0.1, 0.15) is 37.2 Å². The van der Waals surface area contributed by atoms with E-state index in [0.29, 0.717) is 5.54 Å². The van der Waals surface area contributed by atoms with E-state index in [1.807, 2.05) is 0 Å². The molecule has 0 unspecified atom stereocenters. The van der Waals surface area contributed by atoms with Gasteiger partial charge in [0.05, 0.1) is 0 Å². The average Bonchev–Trinajstić information content (AvgIpc) is 2.95. The maximum Gasteiger partial charge on any atom is 0.0257 e. The largest absolute Gasteiger partial charge is 0.311 e. The van der Waals surface area contributed by atoms with Gasteiger partial charge in [0.1, 0.15) is 0 Å². The molecule has 0 radical (unpaired) electrons. The lowest BCUT2D eigenvalue weighted by Gasteiger charge is -2.24. The van der Waals surface area contributed by atoms with Crippen LogP contribution in [0.2, 0.25) is 0 Å². The molecule has 2 atom stereocenters. The molecule has 1 spiro atoms. The van der Waals surface area contributed by atoms with Crippen LogP contribution in [0.4, 0.5) is 0 Å². The fraction of sp³-hybridized carbons (Fsp3) is 0.538. The molecule has 2 fully saturated rings. The predicted octanol–water partition coefficient (Wildman–Crippen LogP) is 2.69. The summed E-state index contributed by atoms with van der Waals surface area (Å²) in [4.78, 5) is 0. The Balaban J connectivity index is 1.78. The Kier molecular flexibility index (Phi) is 1.88. The maximum atomic E-state index is 3.72. The van der Waals surface area contributed by atoms with Gasteiger partial charge in [0.15, 0.2) is 0 Å². The Hall–Kier alpha value is -0.820. The van der Waals surface area contributed by atoms with Crippen molar-refractivity contribution in [1.82, 2.24) is 5.32 Å². The first-order chi connectivity index (χ1) is 6.91. The van der Waals surface area contributed by atoms with Crippen molar-refractivity contribution in [2.75, 3.05) is 6.54 Å². The third kappa shape index (κ3) is 1.27. The Morgan fingerprint density at radius 1 is 1.14 bits per heavy atom. The van der Waals surface area contributed by atoms with Crippen LogP contribution < -0.4 is 5.32 Å². The van der Waals surface area contributed by atoms with E-state index in [0.717, 1.165) is 5.92 Å². The van der Waals surface area contributed by atoms with Crippen LogP contribution in [0.5, 0.6) is 0 Å². The van der Waals surface area contributed by atoms with Crippen molar-refractivity contribution in [2.45, 2.75) is 37.1 Å². The lowest BCUT2D eigenvalue weighted by molar-refractivity contribution is 0.375. The summed E-state index contributed by atoms with van der Waals surface area (Å²) in [7, 11) is 0. The van der Waals surface area contributed by atoms with Gasteiger partial charge in [0.2, 0.25) is 0 Å². The van der Waals surface area contributed by atoms with Crippen LogP contribution in [-0.4, -0.2) is 12.1 Å². The molecule has 1 aliphatic heterocycles. The molecule has 14 heavy (non-hydrogen) atoms. The van der Waals surface area contributed by atoms with E-state index in [1.165, 1.54) is 37.8 Å². The second kappa shape index (κ2) is 3.09. The average molecular weight is 187 g/mol. The van der Waals surface area contributed by atoms with Crippen molar-refractivity contribution >= 4 is 0 Å². The van der Waals surface area contributed by atoms with E-state index in [2.05, 4.69) is 35.6 Å². The first-order valence-corrected chi connectivity index (χ1v) is 5.71. The number of rotatable bonds is 1. The number of benzene rings is 1. The first kappa shape index (κ1) is 8.49. The molecule has 1 aliphatic carbocycles. The molecular formula is C13H17N. The molecule has 0 aromatic heterocycles. The van der Waals surface area contributed by atoms with E-state index in [4.69, 9.17) is 0 Å². The van der Waals surface area contributed by atoms with Gasteiger partial charge >= 0.3 is 0 Å². The molecule has 1 N–H and O–H groups in total. The summed E-state index contributed by atoms with van der Waals surface area (Å²) in [5.74, 6) is 0.795. The van der Waals surface area contributed by atoms with Crippen molar-refractivity contribution < 1.29 is 0 Å². The summed E-state index contributed by atoms with van der Waals surface area (Å²) in [5.41, 5.74) is 2.03. The van der Waals surface area contributed by atoms with Gasteiger partial charge in [-0.15, -0.1) is 0 Å². The molecule has 3 rings (SSSR count). The third-order valence-electron chi connectivity index (χ3n) is 3.80. The lowest BCUT2D eigenvalue weighted by atomic mass is 9.97. The van der Waals surface area contributed by atoms with Crippen molar-refractivity contribution in [3.63, 3.8) is 0 Å². The lowest BCUT2D eigenvalue weighted by Crippen LogP contribution is -2.37. The molecule has 1 heterocycles. The monoisotopic (exact) mass is 187 g/mol. The van der Waals surface area contributed by atoms with E-state index in [1.54, 1.807) is 0 Å². The summed E-state index contributed by atoms with van der Waals surface area (Å²) in [6.07, 6.45) is 5.52. The summed E-state index contributed by atoms with van der Waals surface area (Å²) < 4.78 is 0. The van der Waals surface area contributed by atoms with E-state index in [-0.39, 0.29) is 0 Å². The van der Waals surface area contributed by atoms with Gasteiger partial charge in [-0.05, 0) is 31.4 Å². The summed E-state index contributed by atoms with van der Waals surface area (Å²) >= 11 is 0. The van der Waals surface area contributed by atoms with Crippen LogP contribution in [-0.2, 0) is 0 Å². The third-order valence-corrected chi connectivity index (χ3v) is 3.80. The van der Waals surface area contributed by atoms with E-state index >= 15 is 0 Å². The van der Waals surface area contributed by atoms with Gasteiger partial charge in [-0.2, -0.15) is 0 Å². The van der Waals surface area contributed by atoms with Crippen LogP contribution >= 0.6 is 0 Å². The van der Waals surface area contributed by atoms with Crippen LogP contribution in [0.15, 0.2) is 30.3 Å². The highest BCUT2D eigenvalue weighted by atomic mass is 15.0. The van der Waals surface area contributed by atoms with E-state index < -0.39 is 0 Å². The second-order valence-electron chi connectivity index (χ2n) is 4.71. The maximum absolute atomic E-state index is 3.72. The van der Waals surface area contributed by atoms with Crippen LogP contribution in [0.3, 0.4) is 0 Å². The molecule has 1 saturated heterocycles. The Morgan fingerprint density at radius 3 is 2.71 bits per heavy atom. The Bertz CT molecular complexity index is 311. The van der Waals surface area contributed by atoms with Gasteiger partial charge in [-0.3, -0.25) is 0 Å². The minimum absolute atomic E-state index is 0.500. The predicted molar refractivity (Wildman–Crippen MR) is 58.4 cm³/mol. The molecule has 2 aliphatic rings. The minimum atomic E-state index is 0.500. The number of nitrogens with one attached hydrogen (secondary N) is 1. The zero-order chi connectivity index (χ0) is 9.43. The number of hydrogen-bond acceptors (Lipinski definition) is 1. The molecular weight excluding hydrogens is 170 g/mol. The van der Waals surface area contributed by atoms with Gasteiger partial charge in [-0.1, -0.05) is 36.8 Å². The second-order valence-corrected chi connectivity index (χ2v) is 4.71. The van der Waals surface area contributed by atoms with Crippen molar-refractivity contribution in [3.8, 4) is 0 Å². The van der Waals surface area contributed by atoms with E-state index in [9.17, 15) is 0 Å². The topological polar surface area (TPSA) is 12.0 Å². The molecule has 1 heteroatoms. The summed E-state index contributed by atoms with van der Waals surface area (Å²) in [6, 6.07) is 11.0. The summed E-state index contributed by atoms with van der Waals surface area (Å²) in [5, 5.41) is 3.72. The minimum Gasteiger partial charge on any atom is -0.311 e. The number of hydrogen-bond donors (Lipinski definition) is 1. The quantitative estimate of drug-likeness (QED) is 0.712. The Labute approximate surface area is 85.5 Å². The Morgan fingerprint density at radius 2 is 2.00 bits per heavy atom. The molecule has 74 valence electrons. The smallest absolute Gasteiger partial charge is 0.0257 e. The molecule has 1 aromatic rings. The fourth-order valence-corrected chi connectivity index (χ4v) is 2.89. The summed E-state index contributed by atoms with van der Waals surface area (Å²) in [6.45, 7) is 1.23. The molecule has 1 nitrogen and oxygen atoms in total. The fourth-order valence-electron chi connectivity index (χ4n) is 2.89. The van der Waals surface area contributed by atoms with Crippen LogP contribution in [0.25, 0.3) is 0 Å². The molecule has 0 amide bonds. The normalized spacial score (nSPS) is 35.9. The van der Waals surface area contributed by atoms with Gasteiger partial charge < -0.3 is 5.32 Å². The van der Waals surface area contributed by atoms with Crippen molar-refractivity contribution in [2.24, 2.45) is 0 Å². The molecule has 1 aromatic carbocycles. The van der Waals surface area contributed by atoms with Gasteiger partial charge in [0, 0.05) is 11.5 Å². The molecule has 0 bridgehead atoms. The van der Waals surface area contributed by atoms with Crippen molar-refractivity contribution in [3.05, 3.63) is 35.9 Å². The van der Waals surface area contributed by atoms with Crippen LogP contribution in [0, 0.1) is 0 Å². The SMILES string of the molecule is c1ccc([C@@H]2C[C@@]23CCCCN3)cc1. The van der Waals surface area contributed by atoms with Crippen molar-refractivity contribution in [1.29, 1.82) is 0 Å². The highest BCUT2D eigenvalue weighted by molar-refractivity contribution is 5.33. The zero-order valence-electron chi connectivity index (χ0n) is 8.50.